The normalized spacial score (nSPS) is 14.3. The second-order valence-corrected chi connectivity index (χ2v) is 2.53. The van der Waals surface area contributed by atoms with Gasteiger partial charge in [-0.2, -0.15) is 0 Å². The number of hydrogen-bond acceptors (Lipinski definition) is 3. The van der Waals surface area contributed by atoms with E-state index in [0.717, 1.165) is 6.42 Å². The summed E-state index contributed by atoms with van der Waals surface area (Å²) >= 11 is 0. The van der Waals surface area contributed by atoms with E-state index in [1.807, 2.05) is 13.8 Å². The molecule has 4 heteroatoms. The fourth-order valence-corrected chi connectivity index (χ4v) is 0.685. The van der Waals surface area contributed by atoms with Crippen LogP contribution in [0.2, 0.25) is 0 Å². The summed E-state index contributed by atoms with van der Waals surface area (Å²) in [6, 6.07) is 0. The molecule has 0 bridgehead atoms. The van der Waals surface area contributed by atoms with Crippen LogP contribution in [0.5, 0.6) is 0 Å². The molecule has 12 heavy (non-hydrogen) atoms. The van der Waals surface area contributed by atoms with Gasteiger partial charge in [0, 0.05) is 28.6 Å². The number of rotatable bonds is 4. The largest absolute Gasteiger partial charge is 0.436 e. The Balaban J connectivity index is 0. The minimum atomic E-state index is -0.428. The zero-order valence-corrected chi connectivity index (χ0v) is 9.65. The molecule has 0 N–H and O–H groups in total. The standard InChI is InChI=1S/C8H16O3.Ti/c1-5-6(2)10-8(4)11-7(3)9;/h6,8H,5H2,1-4H3;. The van der Waals surface area contributed by atoms with E-state index in [1.165, 1.54) is 6.92 Å². The number of carbonyl (C=O) groups is 1. The van der Waals surface area contributed by atoms with Crippen molar-refractivity contribution in [3.05, 3.63) is 0 Å². The minimum absolute atomic E-state index is 0. The van der Waals surface area contributed by atoms with Crippen molar-refractivity contribution in [1.29, 1.82) is 0 Å². The molecular formula is C8H16O3Ti. The van der Waals surface area contributed by atoms with Crippen molar-refractivity contribution in [3.8, 4) is 0 Å². The second kappa shape index (κ2) is 7.78. The summed E-state index contributed by atoms with van der Waals surface area (Å²) in [7, 11) is 0. The molecule has 2 unspecified atom stereocenters. The van der Waals surface area contributed by atoms with Crippen LogP contribution in [0.15, 0.2) is 0 Å². The van der Waals surface area contributed by atoms with Crippen molar-refractivity contribution in [3.63, 3.8) is 0 Å². The van der Waals surface area contributed by atoms with E-state index >= 15 is 0 Å². The van der Waals surface area contributed by atoms with Crippen molar-refractivity contribution in [2.45, 2.75) is 46.5 Å². The Morgan fingerprint density at radius 1 is 1.42 bits per heavy atom. The molecule has 0 radical (unpaired) electrons. The predicted molar refractivity (Wildman–Crippen MR) is 42.1 cm³/mol. The Morgan fingerprint density at radius 2 is 1.92 bits per heavy atom. The Bertz CT molecular complexity index is 127. The second-order valence-electron chi connectivity index (χ2n) is 2.53. The van der Waals surface area contributed by atoms with Crippen LogP contribution < -0.4 is 0 Å². The molecule has 0 saturated carbocycles. The van der Waals surface area contributed by atoms with Crippen LogP contribution in [-0.4, -0.2) is 18.4 Å². The first kappa shape index (κ1) is 14.7. The molecule has 0 aliphatic carbocycles. The smallest absolute Gasteiger partial charge is 0.304 e. The van der Waals surface area contributed by atoms with Crippen LogP contribution in [-0.2, 0) is 36.0 Å². The summed E-state index contributed by atoms with van der Waals surface area (Å²) < 4.78 is 10.0. The molecule has 0 heterocycles. The van der Waals surface area contributed by atoms with Gasteiger partial charge in [0.2, 0.25) is 0 Å². The molecule has 0 amide bonds. The summed E-state index contributed by atoms with van der Waals surface area (Å²) in [4.78, 5) is 10.4. The van der Waals surface area contributed by atoms with Crippen LogP contribution in [0.25, 0.3) is 0 Å². The Kier molecular flexibility index (Phi) is 9.50. The minimum Gasteiger partial charge on any atom is -0.436 e. The number of hydrogen-bond donors (Lipinski definition) is 0. The van der Waals surface area contributed by atoms with Gasteiger partial charge in [-0.15, -0.1) is 0 Å². The van der Waals surface area contributed by atoms with E-state index < -0.39 is 6.29 Å². The summed E-state index contributed by atoms with van der Waals surface area (Å²) in [6.07, 6.45) is 0.637. The summed E-state index contributed by atoms with van der Waals surface area (Å²) in [6.45, 7) is 7.05. The zero-order valence-electron chi connectivity index (χ0n) is 8.09. The van der Waals surface area contributed by atoms with Gasteiger partial charge in [-0.25, -0.2) is 0 Å². The van der Waals surface area contributed by atoms with Crippen molar-refractivity contribution in [2.75, 3.05) is 0 Å². The fraction of sp³-hybridized carbons (Fsp3) is 0.875. The van der Waals surface area contributed by atoms with E-state index in [2.05, 4.69) is 0 Å². The van der Waals surface area contributed by atoms with E-state index in [4.69, 9.17) is 9.47 Å². The molecule has 0 aliphatic rings. The average molecular weight is 208 g/mol. The molecule has 0 fully saturated rings. The molecule has 0 aliphatic heterocycles. The summed E-state index contributed by atoms with van der Waals surface area (Å²) in [5.74, 6) is -0.305. The molecule has 0 aromatic rings. The first-order valence-corrected chi connectivity index (χ1v) is 3.89. The number of carbonyl (C=O) groups excluding carboxylic acids is 1. The third-order valence-electron chi connectivity index (χ3n) is 1.33. The van der Waals surface area contributed by atoms with Gasteiger partial charge in [0.25, 0.3) is 0 Å². The van der Waals surface area contributed by atoms with Crippen molar-refractivity contribution in [2.24, 2.45) is 0 Å². The van der Waals surface area contributed by atoms with E-state index in [-0.39, 0.29) is 33.8 Å². The van der Waals surface area contributed by atoms with Crippen LogP contribution >= 0.6 is 0 Å². The van der Waals surface area contributed by atoms with Crippen molar-refractivity contribution in [1.82, 2.24) is 0 Å². The zero-order chi connectivity index (χ0) is 8.85. The van der Waals surface area contributed by atoms with Gasteiger partial charge >= 0.3 is 5.97 Å². The fourth-order valence-electron chi connectivity index (χ4n) is 0.685. The molecule has 2 atom stereocenters. The monoisotopic (exact) mass is 208 g/mol. The third-order valence-corrected chi connectivity index (χ3v) is 1.33. The van der Waals surface area contributed by atoms with Gasteiger partial charge in [-0.05, 0) is 20.3 Å². The maximum Gasteiger partial charge on any atom is 0.304 e. The Morgan fingerprint density at radius 3 is 2.25 bits per heavy atom. The quantitative estimate of drug-likeness (QED) is 0.400. The first-order chi connectivity index (χ1) is 5.06. The van der Waals surface area contributed by atoms with Gasteiger partial charge in [0.1, 0.15) is 0 Å². The van der Waals surface area contributed by atoms with Crippen LogP contribution in [0, 0.1) is 0 Å². The Hall–Kier alpha value is 0.144. The van der Waals surface area contributed by atoms with Crippen molar-refractivity contribution < 1.29 is 36.0 Å². The number of ether oxygens (including phenoxy) is 2. The van der Waals surface area contributed by atoms with Crippen molar-refractivity contribution >= 4 is 5.97 Å². The van der Waals surface area contributed by atoms with E-state index in [1.54, 1.807) is 6.92 Å². The van der Waals surface area contributed by atoms with Gasteiger partial charge in [-0.1, -0.05) is 6.92 Å². The SMILES string of the molecule is CCC(C)OC(C)OC(C)=O.[Ti]. The molecule has 0 rings (SSSR count). The molecule has 0 aromatic heterocycles. The predicted octanol–water partition coefficient (Wildman–Crippen LogP) is 1.71. The van der Waals surface area contributed by atoms with Crippen LogP contribution in [0.3, 0.4) is 0 Å². The summed E-state index contributed by atoms with van der Waals surface area (Å²) in [5, 5.41) is 0. The van der Waals surface area contributed by atoms with Gasteiger partial charge in [0.15, 0.2) is 6.29 Å². The Labute approximate surface area is 88.7 Å². The molecule has 3 nitrogen and oxygen atoms in total. The third kappa shape index (κ3) is 8.24. The van der Waals surface area contributed by atoms with E-state index in [0.29, 0.717) is 0 Å². The van der Waals surface area contributed by atoms with Gasteiger partial charge < -0.3 is 9.47 Å². The average Bonchev–Trinajstić information content (AvgIpc) is 1.85. The first-order valence-electron chi connectivity index (χ1n) is 3.89. The molecule has 0 spiro atoms. The molecular weight excluding hydrogens is 192 g/mol. The van der Waals surface area contributed by atoms with Gasteiger partial charge in [0.05, 0.1) is 6.10 Å². The number of esters is 1. The van der Waals surface area contributed by atoms with Crippen LogP contribution in [0.4, 0.5) is 0 Å². The molecule has 0 aromatic carbocycles. The van der Waals surface area contributed by atoms with Crippen LogP contribution in [0.1, 0.15) is 34.1 Å². The maximum absolute atomic E-state index is 10.4. The maximum atomic E-state index is 10.4. The molecule has 0 saturated heterocycles. The topological polar surface area (TPSA) is 35.5 Å². The van der Waals surface area contributed by atoms with E-state index in [9.17, 15) is 4.79 Å². The molecule has 70 valence electrons. The summed E-state index contributed by atoms with van der Waals surface area (Å²) in [5.41, 5.74) is 0. The van der Waals surface area contributed by atoms with Gasteiger partial charge in [-0.3, -0.25) is 4.79 Å².